The van der Waals surface area contributed by atoms with E-state index in [1.165, 1.54) is 0 Å². The normalized spacial score (nSPS) is 15.7. The Balaban J connectivity index is 2.28. The van der Waals surface area contributed by atoms with E-state index in [-0.39, 0.29) is 0 Å². The minimum atomic E-state index is -0.533. The number of rotatable bonds is 1. The zero-order valence-corrected chi connectivity index (χ0v) is 6.15. The molecule has 1 aliphatic heterocycles. The molecule has 1 aromatic rings. The molecule has 0 N–H and O–H groups in total. The highest BCUT2D eigenvalue weighted by Gasteiger charge is 2.18. The highest BCUT2D eigenvalue weighted by atomic mass is 16.6. The smallest absolute Gasteiger partial charge is 0.347 e. The molecule has 3 nitrogen and oxygen atoms in total. The molecule has 1 heterocycles. The van der Waals surface area contributed by atoms with Crippen molar-refractivity contribution >= 4 is 11.9 Å². The van der Waals surface area contributed by atoms with Gasteiger partial charge >= 0.3 is 5.97 Å². The number of benzene rings is 1. The van der Waals surface area contributed by atoms with E-state index in [9.17, 15) is 4.79 Å². The highest BCUT2D eigenvalue weighted by Crippen LogP contribution is 2.09. The van der Waals surface area contributed by atoms with Crippen molar-refractivity contribution < 1.29 is 9.53 Å². The first kappa shape index (κ1) is 7.03. The zero-order valence-electron chi connectivity index (χ0n) is 6.15. The number of hydrogen-bond donors (Lipinski definition) is 0. The maximum Gasteiger partial charge on any atom is 0.347 e. The van der Waals surface area contributed by atoms with Gasteiger partial charge in [0.2, 0.25) is 12.4 Å². The Labute approximate surface area is 69.7 Å². The second kappa shape index (κ2) is 2.77. The summed E-state index contributed by atoms with van der Waals surface area (Å²) in [6.45, 7) is 2.19. The number of carbonyl (C=O) groups excluding carboxylic acids is 1. The number of nitrogens with zero attached hydrogens (tertiary/aromatic N) is 1. The molecule has 3 heteroatoms. The predicted molar refractivity (Wildman–Crippen MR) is 42.3 cm³/mol. The summed E-state index contributed by atoms with van der Waals surface area (Å²) in [5.74, 6) is -0.213. The molecule has 0 saturated heterocycles. The first-order chi connectivity index (χ1) is 5.86. The van der Waals surface area contributed by atoms with Crippen molar-refractivity contribution in [2.24, 2.45) is 4.99 Å². The number of carbonyl (C=O) groups is 1. The van der Waals surface area contributed by atoms with E-state index in [0.717, 1.165) is 5.56 Å². The molecule has 1 aliphatic rings. The first-order valence-corrected chi connectivity index (χ1v) is 3.47. The fraction of sp³-hybridized carbons (Fsp3) is 0. The number of hydrogen-bond acceptors (Lipinski definition) is 3. The van der Waals surface area contributed by atoms with Crippen LogP contribution in [0.15, 0.2) is 35.3 Å². The Kier molecular flexibility index (Phi) is 1.63. The number of cyclic esters (lactones) is 1. The molecule has 0 aliphatic carbocycles. The Hall–Kier alpha value is -1.64. The molecule has 0 atom stereocenters. The maximum absolute atomic E-state index is 10.6. The quantitative estimate of drug-likeness (QED) is 0.574. The van der Waals surface area contributed by atoms with Crippen LogP contribution in [0.3, 0.4) is 0 Å². The van der Waals surface area contributed by atoms with E-state index in [1.54, 1.807) is 0 Å². The van der Waals surface area contributed by atoms with E-state index >= 15 is 0 Å². The second-order valence-electron chi connectivity index (χ2n) is 2.28. The molecule has 1 aromatic carbocycles. The van der Waals surface area contributed by atoms with Gasteiger partial charge in [-0.25, -0.2) is 9.79 Å². The van der Waals surface area contributed by atoms with Gasteiger partial charge in [0.25, 0.3) is 0 Å². The van der Waals surface area contributed by atoms with Gasteiger partial charge in [-0.1, -0.05) is 18.2 Å². The summed E-state index contributed by atoms with van der Waals surface area (Å²) in [5.41, 5.74) is 0.788. The van der Waals surface area contributed by atoms with Crippen LogP contribution in [0.1, 0.15) is 5.56 Å². The molecule has 0 spiro atoms. The third-order valence-electron chi connectivity index (χ3n) is 1.46. The summed E-state index contributed by atoms with van der Waals surface area (Å²) in [4.78, 5) is 14.3. The highest BCUT2D eigenvalue weighted by molar-refractivity contribution is 6.07. The van der Waals surface area contributed by atoms with Gasteiger partial charge in [0, 0.05) is 5.56 Å². The minimum absolute atomic E-state index is 0.320. The number of aliphatic imine (C=N–C) groups is 1. The molecule has 0 bridgehead atoms. The van der Waals surface area contributed by atoms with Crippen LogP contribution in [0.5, 0.6) is 0 Å². The molecule has 0 unspecified atom stereocenters. The molecule has 0 saturated carbocycles. The molecule has 2 rings (SSSR count). The molecule has 0 fully saturated rings. The lowest BCUT2D eigenvalue weighted by molar-refractivity contribution is -0.130. The van der Waals surface area contributed by atoms with Crippen molar-refractivity contribution in [3.63, 3.8) is 0 Å². The van der Waals surface area contributed by atoms with Crippen LogP contribution in [-0.2, 0) is 9.53 Å². The van der Waals surface area contributed by atoms with Crippen LogP contribution in [0.25, 0.3) is 0 Å². The lowest BCUT2D eigenvalue weighted by Crippen LogP contribution is -2.04. The topological polar surface area (TPSA) is 38.7 Å². The van der Waals surface area contributed by atoms with Gasteiger partial charge in [0.1, 0.15) is 0 Å². The van der Waals surface area contributed by atoms with Gasteiger partial charge in [-0.05, 0) is 12.1 Å². The van der Waals surface area contributed by atoms with Crippen molar-refractivity contribution in [2.75, 3.05) is 0 Å². The van der Waals surface area contributed by atoms with E-state index in [4.69, 9.17) is 4.74 Å². The lowest BCUT2D eigenvalue weighted by Gasteiger charge is -1.97. The average Bonchev–Trinajstić information content (AvgIpc) is 2.54. The fourth-order valence-corrected chi connectivity index (χ4v) is 0.934. The van der Waals surface area contributed by atoms with Crippen molar-refractivity contribution in [2.45, 2.75) is 0 Å². The van der Waals surface area contributed by atoms with E-state index in [1.807, 2.05) is 30.3 Å². The summed E-state index contributed by atoms with van der Waals surface area (Å²) in [5, 5.41) is 0. The van der Waals surface area contributed by atoms with Crippen LogP contribution >= 0.6 is 0 Å². The van der Waals surface area contributed by atoms with Gasteiger partial charge < -0.3 is 4.74 Å². The minimum Gasteiger partial charge on any atom is -0.405 e. The summed E-state index contributed by atoms with van der Waals surface area (Å²) >= 11 is 0. The van der Waals surface area contributed by atoms with Gasteiger partial charge in [-0.2, -0.15) is 0 Å². The van der Waals surface area contributed by atoms with Crippen LogP contribution < -0.4 is 0 Å². The van der Waals surface area contributed by atoms with Crippen molar-refractivity contribution in [3.05, 3.63) is 42.4 Å². The summed E-state index contributed by atoms with van der Waals surface area (Å²) in [7, 11) is 0. The molecular formula is C9H5NO2. The van der Waals surface area contributed by atoms with Crippen LogP contribution in [0, 0.1) is 6.54 Å². The van der Waals surface area contributed by atoms with Crippen molar-refractivity contribution in [1.82, 2.24) is 0 Å². The van der Waals surface area contributed by atoms with Gasteiger partial charge in [-0.3, -0.25) is 0 Å². The zero-order chi connectivity index (χ0) is 8.39. The van der Waals surface area contributed by atoms with Gasteiger partial charge in [0.15, 0.2) is 0 Å². The van der Waals surface area contributed by atoms with E-state index in [2.05, 4.69) is 11.5 Å². The van der Waals surface area contributed by atoms with Crippen molar-refractivity contribution in [1.29, 1.82) is 0 Å². The standard InChI is InChI=1S/C9H5NO2/c11-8-6-10-9(12-8)7-4-2-1-3-5-7/h1-5H. The Morgan fingerprint density at radius 2 is 2.00 bits per heavy atom. The molecule has 0 aromatic heterocycles. The molecular weight excluding hydrogens is 154 g/mol. The van der Waals surface area contributed by atoms with Crippen LogP contribution in [0.2, 0.25) is 0 Å². The third kappa shape index (κ3) is 1.21. The Bertz CT molecular complexity index is 330. The Morgan fingerprint density at radius 1 is 1.25 bits per heavy atom. The molecule has 12 heavy (non-hydrogen) atoms. The van der Waals surface area contributed by atoms with Crippen LogP contribution in [0.4, 0.5) is 0 Å². The summed E-state index contributed by atoms with van der Waals surface area (Å²) in [6.07, 6.45) is 0. The third-order valence-corrected chi connectivity index (χ3v) is 1.46. The predicted octanol–water partition coefficient (Wildman–Crippen LogP) is 1.03. The van der Waals surface area contributed by atoms with E-state index in [0.29, 0.717) is 5.90 Å². The molecule has 58 valence electrons. The SMILES string of the molecule is O=C1[C]N=C(c2ccccc2)O1. The number of esters is 1. The number of ether oxygens (including phenoxy) is 1. The molecule has 2 radical (unpaired) electrons. The second-order valence-corrected chi connectivity index (χ2v) is 2.28. The first-order valence-electron chi connectivity index (χ1n) is 3.47. The summed E-state index contributed by atoms with van der Waals surface area (Å²) in [6, 6.07) is 9.22. The van der Waals surface area contributed by atoms with Gasteiger partial charge in [0.05, 0.1) is 0 Å². The maximum atomic E-state index is 10.6. The lowest BCUT2D eigenvalue weighted by atomic mass is 10.2. The monoisotopic (exact) mass is 159 g/mol. The molecule has 0 amide bonds. The van der Waals surface area contributed by atoms with E-state index < -0.39 is 5.97 Å². The largest absolute Gasteiger partial charge is 0.405 e. The van der Waals surface area contributed by atoms with Crippen LogP contribution in [-0.4, -0.2) is 11.9 Å². The van der Waals surface area contributed by atoms with Crippen molar-refractivity contribution in [3.8, 4) is 0 Å². The van der Waals surface area contributed by atoms with Gasteiger partial charge in [-0.15, -0.1) is 0 Å². The average molecular weight is 159 g/mol. The Morgan fingerprint density at radius 3 is 2.58 bits per heavy atom. The fourth-order valence-electron chi connectivity index (χ4n) is 0.934. The summed E-state index contributed by atoms with van der Waals surface area (Å²) < 4.78 is 4.75.